The van der Waals surface area contributed by atoms with Crippen molar-refractivity contribution in [1.29, 1.82) is 0 Å². The van der Waals surface area contributed by atoms with Crippen molar-refractivity contribution in [2.75, 3.05) is 21.3 Å². The van der Waals surface area contributed by atoms with Crippen molar-refractivity contribution in [2.24, 2.45) is 11.1 Å². The van der Waals surface area contributed by atoms with Crippen molar-refractivity contribution in [3.8, 4) is 17.2 Å². The second-order valence-corrected chi connectivity index (χ2v) is 5.80. The molecule has 5 nitrogen and oxygen atoms in total. The van der Waals surface area contributed by atoms with Crippen LogP contribution in [0.15, 0.2) is 12.1 Å². The van der Waals surface area contributed by atoms with Gasteiger partial charge in [0, 0.05) is 0 Å². The van der Waals surface area contributed by atoms with Gasteiger partial charge >= 0.3 is 0 Å². The van der Waals surface area contributed by atoms with E-state index in [2.05, 4.69) is 0 Å². The lowest BCUT2D eigenvalue weighted by atomic mass is 9.82. The summed E-state index contributed by atoms with van der Waals surface area (Å²) in [5.74, 6) is 1.56. The van der Waals surface area contributed by atoms with Crippen molar-refractivity contribution in [2.45, 2.75) is 32.9 Å². The summed E-state index contributed by atoms with van der Waals surface area (Å²) >= 11 is 0. The number of aliphatic hydroxyl groups is 1. The lowest BCUT2D eigenvalue weighted by molar-refractivity contribution is 0.0400. The van der Waals surface area contributed by atoms with Gasteiger partial charge in [0.2, 0.25) is 5.75 Å². The van der Waals surface area contributed by atoms with Gasteiger partial charge in [-0.15, -0.1) is 12.4 Å². The van der Waals surface area contributed by atoms with Crippen molar-refractivity contribution in [1.82, 2.24) is 0 Å². The van der Waals surface area contributed by atoms with E-state index in [-0.39, 0.29) is 17.8 Å². The first-order valence-corrected chi connectivity index (χ1v) is 6.49. The van der Waals surface area contributed by atoms with Crippen molar-refractivity contribution in [3.63, 3.8) is 0 Å². The Bertz CT molecular complexity index is 434. The first-order chi connectivity index (χ1) is 9.26. The van der Waals surface area contributed by atoms with Gasteiger partial charge < -0.3 is 25.1 Å². The van der Waals surface area contributed by atoms with Gasteiger partial charge in [-0.1, -0.05) is 20.8 Å². The van der Waals surface area contributed by atoms with Crippen LogP contribution in [-0.4, -0.2) is 32.5 Å². The molecule has 21 heavy (non-hydrogen) atoms. The quantitative estimate of drug-likeness (QED) is 0.872. The zero-order valence-electron chi connectivity index (χ0n) is 13.5. The Morgan fingerprint density at radius 2 is 1.43 bits per heavy atom. The van der Waals surface area contributed by atoms with E-state index >= 15 is 0 Å². The molecular formula is C15H26ClNO4. The third-order valence-electron chi connectivity index (χ3n) is 3.30. The summed E-state index contributed by atoms with van der Waals surface area (Å²) in [4.78, 5) is 0. The van der Waals surface area contributed by atoms with Crippen LogP contribution in [-0.2, 0) is 0 Å². The monoisotopic (exact) mass is 319 g/mol. The molecule has 0 spiro atoms. The maximum atomic E-state index is 10.3. The van der Waals surface area contributed by atoms with Crippen LogP contribution >= 0.6 is 12.4 Å². The number of benzene rings is 1. The molecule has 2 atom stereocenters. The molecule has 0 radical (unpaired) electrons. The normalized spacial score (nSPS) is 13.9. The third-order valence-corrected chi connectivity index (χ3v) is 3.30. The van der Waals surface area contributed by atoms with Crippen molar-refractivity contribution < 1.29 is 19.3 Å². The molecule has 0 fully saturated rings. The second kappa shape index (κ2) is 7.73. The average molecular weight is 320 g/mol. The molecule has 0 heterocycles. The van der Waals surface area contributed by atoms with Gasteiger partial charge in [-0.25, -0.2) is 0 Å². The number of ether oxygens (including phenoxy) is 3. The largest absolute Gasteiger partial charge is 0.493 e. The summed E-state index contributed by atoms with van der Waals surface area (Å²) in [6.45, 7) is 5.82. The van der Waals surface area contributed by atoms with Crippen molar-refractivity contribution >= 4 is 12.4 Å². The van der Waals surface area contributed by atoms with Gasteiger partial charge in [-0.05, 0) is 23.1 Å². The van der Waals surface area contributed by atoms with Crippen LogP contribution in [0.3, 0.4) is 0 Å². The minimum absolute atomic E-state index is 0. The summed E-state index contributed by atoms with van der Waals surface area (Å²) in [5.41, 5.74) is 6.58. The van der Waals surface area contributed by atoms with Gasteiger partial charge in [0.15, 0.2) is 11.5 Å². The standard InChI is InChI=1S/C15H25NO4.ClH/c1-15(2,3)14(17)12(16)9-7-10(18-4)13(20-6)11(8-9)19-5;/h7-8,12,14,17H,16H2,1-6H3;1H/t12-,14-;/m1./s1. The number of halogens is 1. The van der Waals surface area contributed by atoms with Crippen molar-refractivity contribution in [3.05, 3.63) is 17.7 Å². The molecule has 1 aromatic carbocycles. The molecule has 0 unspecified atom stereocenters. The van der Waals surface area contributed by atoms with E-state index in [1.807, 2.05) is 20.8 Å². The Morgan fingerprint density at radius 3 is 1.71 bits per heavy atom. The molecule has 0 aromatic heterocycles. The SMILES string of the molecule is COc1cc([C@@H](N)[C@@H](O)C(C)(C)C)cc(OC)c1OC.Cl. The minimum Gasteiger partial charge on any atom is -0.493 e. The number of methoxy groups -OCH3 is 3. The molecule has 0 aliphatic heterocycles. The van der Waals surface area contributed by atoms with E-state index in [1.165, 1.54) is 0 Å². The molecule has 1 aromatic rings. The van der Waals surface area contributed by atoms with Gasteiger partial charge in [-0.2, -0.15) is 0 Å². The lowest BCUT2D eigenvalue weighted by Gasteiger charge is -2.31. The lowest BCUT2D eigenvalue weighted by Crippen LogP contribution is -2.37. The van der Waals surface area contributed by atoms with Crippen LogP contribution < -0.4 is 19.9 Å². The summed E-state index contributed by atoms with van der Waals surface area (Å²) in [6.07, 6.45) is -0.690. The highest BCUT2D eigenvalue weighted by molar-refractivity contribution is 5.85. The highest BCUT2D eigenvalue weighted by Gasteiger charge is 2.30. The van der Waals surface area contributed by atoms with Gasteiger partial charge in [0.1, 0.15) is 0 Å². The van der Waals surface area contributed by atoms with Crippen LogP contribution in [0.4, 0.5) is 0 Å². The summed E-state index contributed by atoms with van der Waals surface area (Å²) < 4.78 is 15.9. The van der Waals surface area contributed by atoms with E-state index in [0.717, 1.165) is 5.56 Å². The fourth-order valence-electron chi connectivity index (χ4n) is 2.01. The van der Waals surface area contributed by atoms with E-state index in [4.69, 9.17) is 19.9 Å². The molecular weight excluding hydrogens is 294 g/mol. The predicted octanol–water partition coefficient (Wildman–Crippen LogP) is 2.54. The first-order valence-electron chi connectivity index (χ1n) is 6.49. The molecule has 6 heteroatoms. The van der Waals surface area contributed by atoms with Crippen LogP contribution in [0.1, 0.15) is 32.4 Å². The highest BCUT2D eigenvalue weighted by Crippen LogP contribution is 2.41. The fraction of sp³-hybridized carbons (Fsp3) is 0.600. The molecule has 0 saturated heterocycles. The summed E-state index contributed by atoms with van der Waals surface area (Å²) in [7, 11) is 4.64. The molecule has 0 bridgehead atoms. The van der Waals surface area contributed by atoms with Gasteiger partial charge in [0.25, 0.3) is 0 Å². The Morgan fingerprint density at radius 1 is 1.00 bits per heavy atom. The minimum atomic E-state index is -0.690. The maximum absolute atomic E-state index is 10.3. The summed E-state index contributed by atoms with van der Waals surface area (Å²) in [6, 6.07) is 2.99. The zero-order valence-corrected chi connectivity index (χ0v) is 14.3. The molecule has 0 aliphatic rings. The van der Waals surface area contributed by atoms with Gasteiger partial charge in [-0.3, -0.25) is 0 Å². The van der Waals surface area contributed by atoms with Gasteiger partial charge in [0.05, 0.1) is 33.5 Å². The van der Waals surface area contributed by atoms with E-state index in [0.29, 0.717) is 17.2 Å². The molecule has 122 valence electrons. The number of hydrogen-bond donors (Lipinski definition) is 2. The molecule has 0 aliphatic carbocycles. The van der Waals surface area contributed by atoms with E-state index in [9.17, 15) is 5.11 Å². The number of hydrogen-bond acceptors (Lipinski definition) is 5. The van der Waals surface area contributed by atoms with Crippen LogP contribution in [0.2, 0.25) is 0 Å². The maximum Gasteiger partial charge on any atom is 0.203 e. The average Bonchev–Trinajstić information content (AvgIpc) is 2.42. The molecule has 0 amide bonds. The summed E-state index contributed by atoms with van der Waals surface area (Å²) in [5, 5.41) is 10.3. The van der Waals surface area contributed by atoms with E-state index < -0.39 is 12.1 Å². The molecule has 0 saturated carbocycles. The smallest absolute Gasteiger partial charge is 0.203 e. The Balaban J connectivity index is 0.00000400. The predicted molar refractivity (Wildman–Crippen MR) is 85.7 cm³/mol. The van der Waals surface area contributed by atoms with Crippen LogP contribution in [0.5, 0.6) is 17.2 Å². The number of nitrogens with two attached hydrogens (primary N) is 1. The van der Waals surface area contributed by atoms with E-state index in [1.54, 1.807) is 33.5 Å². The first kappa shape index (κ1) is 19.8. The second-order valence-electron chi connectivity index (χ2n) is 5.80. The number of aliphatic hydroxyl groups excluding tert-OH is 1. The Kier molecular flexibility index (Phi) is 7.30. The van der Waals surface area contributed by atoms with Crippen LogP contribution in [0, 0.1) is 5.41 Å². The molecule has 3 N–H and O–H groups in total. The fourth-order valence-corrected chi connectivity index (χ4v) is 2.01. The zero-order chi connectivity index (χ0) is 15.5. The Hall–Kier alpha value is -1.17. The molecule has 1 rings (SSSR count). The van der Waals surface area contributed by atoms with Crippen LogP contribution in [0.25, 0.3) is 0 Å². The number of rotatable bonds is 5. The highest BCUT2D eigenvalue weighted by atomic mass is 35.5. The topological polar surface area (TPSA) is 73.9 Å². The third kappa shape index (κ3) is 4.40. The Labute approximate surface area is 132 Å².